The van der Waals surface area contributed by atoms with Crippen molar-refractivity contribution in [1.82, 2.24) is 4.57 Å². The molecule has 1 aliphatic rings. The topological polar surface area (TPSA) is 26.5 Å². The minimum Gasteiger partial charge on any atom is -0.474 e. The maximum atomic E-state index is 13.8. The molecule has 1 aromatic carbocycles. The van der Waals surface area contributed by atoms with Gasteiger partial charge in [0.2, 0.25) is 5.90 Å². The molecule has 0 radical (unpaired) electrons. The molecular formula is C17H19FN2OS. The second-order valence-corrected chi connectivity index (χ2v) is 6.28. The van der Waals surface area contributed by atoms with E-state index in [0.717, 1.165) is 17.9 Å². The van der Waals surface area contributed by atoms with Gasteiger partial charge in [-0.2, -0.15) is 11.8 Å². The molecule has 0 saturated heterocycles. The molecule has 0 amide bonds. The van der Waals surface area contributed by atoms with Crippen molar-refractivity contribution in [3.63, 3.8) is 0 Å². The van der Waals surface area contributed by atoms with Gasteiger partial charge in [-0.05, 0) is 36.6 Å². The Hall–Kier alpha value is -1.75. The summed E-state index contributed by atoms with van der Waals surface area (Å²) in [4.78, 5) is 4.66. The predicted octanol–water partition coefficient (Wildman–Crippen LogP) is 3.57. The highest BCUT2D eigenvalue weighted by molar-refractivity contribution is 7.98. The summed E-state index contributed by atoms with van der Waals surface area (Å²) in [7, 11) is 0. The number of aliphatic imine (C=N–C) groups is 1. The second-order valence-electron chi connectivity index (χ2n) is 5.29. The smallest absolute Gasteiger partial charge is 0.233 e. The molecule has 0 N–H and O–H groups in total. The van der Waals surface area contributed by atoms with E-state index in [-0.39, 0.29) is 11.9 Å². The third kappa shape index (κ3) is 3.35. The summed E-state index contributed by atoms with van der Waals surface area (Å²) in [6.45, 7) is 1.12. The van der Waals surface area contributed by atoms with E-state index in [4.69, 9.17) is 4.74 Å². The molecule has 2 heterocycles. The van der Waals surface area contributed by atoms with Crippen molar-refractivity contribution in [2.24, 2.45) is 4.99 Å². The van der Waals surface area contributed by atoms with Gasteiger partial charge in [-0.3, -0.25) is 0 Å². The molecule has 2 aromatic rings. The van der Waals surface area contributed by atoms with Crippen molar-refractivity contribution in [3.8, 4) is 0 Å². The average Bonchev–Trinajstić information content (AvgIpc) is 3.16. The lowest BCUT2D eigenvalue weighted by Gasteiger charge is -2.09. The summed E-state index contributed by atoms with van der Waals surface area (Å²) in [5.74, 6) is 1.57. The number of rotatable bonds is 6. The summed E-state index contributed by atoms with van der Waals surface area (Å²) in [6.07, 6.45) is 5.06. The zero-order valence-electron chi connectivity index (χ0n) is 12.5. The van der Waals surface area contributed by atoms with Crippen LogP contribution in [-0.2, 0) is 11.3 Å². The molecule has 0 fully saturated rings. The molecule has 0 unspecified atom stereocenters. The summed E-state index contributed by atoms with van der Waals surface area (Å²) in [5.41, 5.74) is 1.58. The minimum absolute atomic E-state index is 0.186. The van der Waals surface area contributed by atoms with Gasteiger partial charge in [-0.15, -0.1) is 0 Å². The van der Waals surface area contributed by atoms with Crippen LogP contribution in [0.25, 0.3) is 0 Å². The number of nitrogens with zero attached hydrogens (tertiary/aromatic N) is 2. The highest BCUT2D eigenvalue weighted by Gasteiger charge is 2.22. The SMILES string of the molecule is CSCC[C@H]1COC(c2cccn2Cc2ccccc2F)=N1. The summed E-state index contributed by atoms with van der Waals surface area (Å²) < 4.78 is 21.5. The van der Waals surface area contributed by atoms with Gasteiger partial charge in [0.15, 0.2) is 0 Å². The third-order valence-electron chi connectivity index (χ3n) is 3.71. The first-order valence-electron chi connectivity index (χ1n) is 7.36. The van der Waals surface area contributed by atoms with Gasteiger partial charge in [0.25, 0.3) is 0 Å². The normalized spacial score (nSPS) is 17.4. The lowest BCUT2D eigenvalue weighted by atomic mass is 10.2. The fourth-order valence-electron chi connectivity index (χ4n) is 2.51. The number of ether oxygens (including phenoxy) is 1. The maximum Gasteiger partial charge on any atom is 0.233 e. The summed E-state index contributed by atoms with van der Waals surface area (Å²) >= 11 is 1.82. The Morgan fingerprint density at radius 2 is 2.18 bits per heavy atom. The number of benzene rings is 1. The van der Waals surface area contributed by atoms with Crippen LogP contribution in [-0.4, -0.2) is 35.1 Å². The summed E-state index contributed by atoms with van der Waals surface area (Å²) in [6, 6.07) is 11.0. The van der Waals surface area contributed by atoms with Crippen LogP contribution < -0.4 is 0 Å². The van der Waals surface area contributed by atoms with E-state index in [1.54, 1.807) is 12.1 Å². The van der Waals surface area contributed by atoms with Gasteiger partial charge in [-0.1, -0.05) is 18.2 Å². The second kappa shape index (κ2) is 7.01. The molecule has 0 spiro atoms. The molecule has 22 heavy (non-hydrogen) atoms. The fraction of sp³-hybridized carbons (Fsp3) is 0.353. The molecule has 3 rings (SSSR count). The first-order valence-corrected chi connectivity index (χ1v) is 8.76. The number of hydrogen-bond donors (Lipinski definition) is 0. The van der Waals surface area contributed by atoms with E-state index in [1.165, 1.54) is 6.07 Å². The fourth-order valence-corrected chi connectivity index (χ4v) is 3.02. The highest BCUT2D eigenvalue weighted by Crippen LogP contribution is 2.18. The first-order chi connectivity index (χ1) is 10.8. The summed E-state index contributed by atoms with van der Waals surface area (Å²) in [5, 5.41) is 0. The Balaban J connectivity index is 1.77. The Morgan fingerprint density at radius 3 is 3.00 bits per heavy atom. The van der Waals surface area contributed by atoms with Crippen molar-refractivity contribution in [1.29, 1.82) is 0 Å². The van der Waals surface area contributed by atoms with Gasteiger partial charge in [0.1, 0.15) is 18.1 Å². The number of hydrogen-bond acceptors (Lipinski definition) is 3. The van der Waals surface area contributed by atoms with E-state index in [0.29, 0.717) is 24.6 Å². The van der Waals surface area contributed by atoms with E-state index in [1.807, 2.05) is 40.7 Å². The van der Waals surface area contributed by atoms with Gasteiger partial charge in [0.05, 0.1) is 12.6 Å². The van der Waals surface area contributed by atoms with Crippen molar-refractivity contribution in [2.45, 2.75) is 19.0 Å². The molecular weight excluding hydrogens is 299 g/mol. The number of thioether (sulfide) groups is 1. The van der Waals surface area contributed by atoms with Crippen LogP contribution in [0.15, 0.2) is 47.6 Å². The Kier molecular flexibility index (Phi) is 4.83. The number of aromatic nitrogens is 1. The van der Waals surface area contributed by atoms with E-state index < -0.39 is 0 Å². The standard InChI is InChI=1S/C17H19FN2OS/c1-22-10-8-14-12-21-17(19-14)16-7-4-9-20(16)11-13-5-2-3-6-15(13)18/h2-7,9,14H,8,10-12H2,1H3/t14-/m0/s1. The molecule has 5 heteroatoms. The Labute approximate surface area is 134 Å². The number of halogens is 1. The Bertz CT molecular complexity index is 668. The van der Waals surface area contributed by atoms with Gasteiger partial charge in [-0.25, -0.2) is 9.38 Å². The van der Waals surface area contributed by atoms with E-state index in [2.05, 4.69) is 11.2 Å². The zero-order chi connectivity index (χ0) is 15.4. The molecule has 0 saturated carbocycles. The third-order valence-corrected chi connectivity index (χ3v) is 4.36. The molecule has 1 atom stereocenters. The molecule has 116 valence electrons. The van der Waals surface area contributed by atoms with Crippen LogP contribution in [0.5, 0.6) is 0 Å². The monoisotopic (exact) mass is 318 g/mol. The van der Waals surface area contributed by atoms with Crippen molar-refractivity contribution in [2.75, 3.05) is 18.6 Å². The highest BCUT2D eigenvalue weighted by atomic mass is 32.2. The van der Waals surface area contributed by atoms with Gasteiger partial charge >= 0.3 is 0 Å². The minimum atomic E-state index is -0.186. The maximum absolute atomic E-state index is 13.8. The predicted molar refractivity (Wildman–Crippen MR) is 89.2 cm³/mol. The van der Waals surface area contributed by atoms with E-state index in [9.17, 15) is 4.39 Å². The van der Waals surface area contributed by atoms with Crippen LogP contribution in [0.1, 0.15) is 17.7 Å². The van der Waals surface area contributed by atoms with Crippen molar-refractivity contribution < 1.29 is 9.13 Å². The largest absolute Gasteiger partial charge is 0.474 e. The van der Waals surface area contributed by atoms with Crippen LogP contribution >= 0.6 is 11.8 Å². The first kappa shape index (κ1) is 15.2. The van der Waals surface area contributed by atoms with Crippen LogP contribution in [0.3, 0.4) is 0 Å². The van der Waals surface area contributed by atoms with E-state index >= 15 is 0 Å². The van der Waals surface area contributed by atoms with Gasteiger partial charge < -0.3 is 9.30 Å². The lowest BCUT2D eigenvalue weighted by molar-refractivity contribution is 0.314. The Morgan fingerprint density at radius 1 is 1.32 bits per heavy atom. The molecule has 0 bridgehead atoms. The zero-order valence-corrected chi connectivity index (χ0v) is 13.4. The van der Waals surface area contributed by atoms with Crippen molar-refractivity contribution in [3.05, 3.63) is 59.7 Å². The molecule has 0 aliphatic carbocycles. The molecule has 1 aliphatic heterocycles. The molecule has 3 nitrogen and oxygen atoms in total. The average molecular weight is 318 g/mol. The lowest BCUT2D eigenvalue weighted by Crippen LogP contribution is -2.11. The van der Waals surface area contributed by atoms with Gasteiger partial charge in [0, 0.05) is 11.8 Å². The van der Waals surface area contributed by atoms with Crippen LogP contribution in [0.4, 0.5) is 4.39 Å². The molecule has 1 aromatic heterocycles. The quantitative estimate of drug-likeness (QED) is 0.814. The van der Waals surface area contributed by atoms with Crippen molar-refractivity contribution >= 4 is 17.7 Å². The van der Waals surface area contributed by atoms with Crippen LogP contribution in [0.2, 0.25) is 0 Å². The van der Waals surface area contributed by atoms with Crippen LogP contribution in [0, 0.1) is 5.82 Å².